The molecule has 35 heavy (non-hydrogen) atoms. The number of benzene rings is 4. The summed E-state index contributed by atoms with van der Waals surface area (Å²) in [6, 6.07) is 25.0. The van der Waals surface area contributed by atoms with Crippen LogP contribution in [-0.2, 0) is 4.79 Å². The van der Waals surface area contributed by atoms with E-state index in [1.807, 2.05) is 36.4 Å². The number of amides is 1. The molecule has 4 rings (SSSR count). The number of fused-ring (bicyclic) bond motifs is 1. The number of hydrogen-bond donors (Lipinski definition) is 1. The Morgan fingerprint density at radius 3 is 2.40 bits per heavy atom. The Bertz CT molecular complexity index is 1420. The molecular weight excluding hydrogens is 450 g/mol. The first kappa shape index (κ1) is 23.1. The lowest BCUT2D eigenvalue weighted by Crippen LogP contribution is -2.24. The van der Waals surface area contributed by atoms with Crippen LogP contribution in [0, 0.1) is 10.1 Å². The van der Waals surface area contributed by atoms with Crippen molar-refractivity contribution in [3.05, 3.63) is 112 Å². The summed E-state index contributed by atoms with van der Waals surface area (Å²) in [5.41, 5.74) is 2.84. The minimum absolute atomic E-state index is 0.130. The molecule has 0 aliphatic carbocycles. The summed E-state index contributed by atoms with van der Waals surface area (Å²) in [6.07, 6.45) is 1.34. The quantitative estimate of drug-likeness (QED) is 0.133. The molecule has 174 valence electrons. The first-order chi connectivity index (χ1) is 17.0. The lowest BCUT2D eigenvalue weighted by atomic mass is 10.1. The van der Waals surface area contributed by atoms with Crippen LogP contribution < -0.4 is 14.9 Å². The third-order valence-electron chi connectivity index (χ3n) is 4.92. The number of non-ortho nitro benzene ring substituents is 1. The molecule has 0 spiro atoms. The highest BCUT2D eigenvalue weighted by molar-refractivity contribution is 5.93. The number of esters is 1. The second-order valence-electron chi connectivity index (χ2n) is 7.32. The van der Waals surface area contributed by atoms with E-state index in [1.165, 1.54) is 30.5 Å². The average molecular weight is 469 g/mol. The maximum absolute atomic E-state index is 12.4. The van der Waals surface area contributed by atoms with Crippen LogP contribution in [0.4, 0.5) is 5.69 Å². The molecule has 0 radical (unpaired) electrons. The van der Waals surface area contributed by atoms with Gasteiger partial charge >= 0.3 is 5.97 Å². The Kier molecular flexibility index (Phi) is 7.08. The van der Waals surface area contributed by atoms with E-state index in [4.69, 9.17) is 9.47 Å². The third kappa shape index (κ3) is 6.05. The molecule has 9 heteroatoms. The smallest absolute Gasteiger partial charge is 0.343 e. The van der Waals surface area contributed by atoms with Crippen molar-refractivity contribution in [3.63, 3.8) is 0 Å². The van der Waals surface area contributed by atoms with Crippen LogP contribution >= 0.6 is 0 Å². The Morgan fingerprint density at radius 1 is 0.914 bits per heavy atom. The van der Waals surface area contributed by atoms with Crippen LogP contribution in [-0.4, -0.2) is 29.6 Å². The Labute approximate surface area is 199 Å². The molecular formula is C26H19N3O6. The van der Waals surface area contributed by atoms with Crippen molar-refractivity contribution in [1.82, 2.24) is 5.43 Å². The number of rotatable bonds is 8. The van der Waals surface area contributed by atoms with Gasteiger partial charge in [-0.05, 0) is 47.2 Å². The fourth-order valence-corrected chi connectivity index (χ4v) is 3.17. The third-order valence-corrected chi connectivity index (χ3v) is 4.92. The number of ether oxygens (including phenoxy) is 2. The van der Waals surface area contributed by atoms with Gasteiger partial charge < -0.3 is 9.47 Å². The Morgan fingerprint density at radius 2 is 1.63 bits per heavy atom. The highest BCUT2D eigenvalue weighted by atomic mass is 16.6. The molecule has 0 aliphatic heterocycles. The van der Waals surface area contributed by atoms with Gasteiger partial charge in [-0.15, -0.1) is 0 Å². The minimum Gasteiger partial charge on any atom is -0.484 e. The summed E-state index contributed by atoms with van der Waals surface area (Å²) >= 11 is 0. The standard InChI is InChI=1S/C26H19N3O6/c30-25(17-34-23-14-11-18-5-1-2-6-20(18)15-23)28-27-16-21-7-3-4-8-24(21)35-26(31)19-9-12-22(13-10-19)29(32)33/h1-16H,17H2,(H,28,30). The molecule has 0 heterocycles. The summed E-state index contributed by atoms with van der Waals surface area (Å²) in [7, 11) is 0. The van der Waals surface area contributed by atoms with E-state index in [9.17, 15) is 19.7 Å². The molecule has 1 N–H and O–H groups in total. The monoisotopic (exact) mass is 469 g/mol. The molecule has 0 fully saturated rings. The number of carbonyl (C=O) groups excluding carboxylic acids is 2. The molecule has 0 atom stereocenters. The lowest BCUT2D eigenvalue weighted by molar-refractivity contribution is -0.384. The highest BCUT2D eigenvalue weighted by Crippen LogP contribution is 2.21. The molecule has 0 unspecified atom stereocenters. The fraction of sp³-hybridized carbons (Fsp3) is 0.0385. The van der Waals surface area contributed by atoms with Crippen LogP contribution in [0.15, 0.2) is 96.1 Å². The van der Waals surface area contributed by atoms with Gasteiger partial charge in [0.1, 0.15) is 11.5 Å². The molecule has 0 bridgehead atoms. The number of nitro benzene ring substituents is 1. The van der Waals surface area contributed by atoms with E-state index in [1.54, 1.807) is 30.3 Å². The maximum Gasteiger partial charge on any atom is 0.343 e. The number of nitrogens with zero attached hydrogens (tertiary/aromatic N) is 2. The number of carbonyl (C=O) groups is 2. The fourth-order valence-electron chi connectivity index (χ4n) is 3.17. The summed E-state index contributed by atoms with van der Waals surface area (Å²) in [6.45, 7) is -0.230. The van der Waals surface area contributed by atoms with Crippen LogP contribution in [0.1, 0.15) is 15.9 Å². The van der Waals surface area contributed by atoms with E-state index < -0.39 is 16.8 Å². The van der Waals surface area contributed by atoms with Gasteiger partial charge in [0.05, 0.1) is 16.7 Å². The van der Waals surface area contributed by atoms with Crippen molar-refractivity contribution >= 4 is 34.6 Å². The first-order valence-corrected chi connectivity index (χ1v) is 10.5. The summed E-state index contributed by atoms with van der Waals surface area (Å²) in [5.74, 6) is -0.379. The number of para-hydroxylation sites is 1. The van der Waals surface area contributed by atoms with Crippen LogP contribution in [0.5, 0.6) is 11.5 Å². The Hall–Kier alpha value is -5.05. The normalized spacial score (nSPS) is 10.7. The maximum atomic E-state index is 12.4. The van der Waals surface area contributed by atoms with Gasteiger partial charge in [-0.3, -0.25) is 14.9 Å². The van der Waals surface area contributed by atoms with Gasteiger partial charge in [0, 0.05) is 17.7 Å². The predicted molar refractivity (Wildman–Crippen MR) is 130 cm³/mol. The molecule has 9 nitrogen and oxygen atoms in total. The molecule has 0 saturated carbocycles. The van der Waals surface area contributed by atoms with Crippen molar-refractivity contribution < 1.29 is 24.0 Å². The van der Waals surface area contributed by atoms with Crippen LogP contribution in [0.2, 0.25) is 0 Å². The Balaban J connectivity index is 1.33. The summed E-state index contributed by atoms with van der Waals surface area (Å²) in [4.78, 5) is 34.7. The van der Waals surface area contributed by atoms with Crippen molar-refractivity contribution in [2.75, 3.05) is 6.61 Å². The van der Waals surface area contributed by atoms with E-state index in [0.717, 1.165) is 10.8 Å². The SMILES string of the molecule is O=C(COc1ccc2ccccc2c1)NN=Cc1ccccc1OC(=O)c1ccc([N+](=O)[O-])cc1. The number of nitro groups is 1. The van der Waals surface area contributed by atoms with Crippen LogP contribution in [0.25, 0.3) is 10.8 Å². The zero-order chi connectivity index (χ0) is 24.6. The van der Waals surface area contributed by atoms with E-state index in [-0.39, 0.29) is 23.6 Å². The van der Waals surface area contributed by atoms with Gasteiger partial charge in [-0.2, -0.15) is 5.10 Å². The summed E-state index contributed by atoms with van der Waals surface area (Å²) < 4.78 is 10.9. The van der Waals surface area contributed by atoms with E-state index in [2.05, 4.69) is 10.5 Å². The number of hydrazone groups is 1. The van der Waals surface area contributed by atoms with Crippen molar-refractivity contribution in [1.29, 1.82) is 0 Å². The van der Waals surface area contributed by atoms with Gasteiger partial charge in [-0.1, -0.05) is 42.5 Å². The lowest BCUT2D eigenvalue weighted by Gasteiger charge is -2.08. The van der Waals surface area contributed by atoms with Gasteiger partial charge in [-0.25, -0.2) is 10.2 Å². The molecule has 0 aliphatic rings. The van der Waals surface area contributed by atoms with Crippen LogP contribution in [0.3, 0.4) is 0 Å². The molecule has 0 aromatic heterocycles. The number of hydrogen-bond acceptors (Lipinski definition) is 7. The average Bonchev–Trinajstić information content (AvgIpc) is 2.88. The van der Waals surface area contributed by atoms with E-state index in [0.29, 0.717) is 11.3 Å². The van der Waals surface area contributed by atoms with Gasteiger partial charge in [0.2, 0.25) is 0 Å². The zero-order valence-electron chi connectivity index (χ0n) is 18.3. The predicted octanol–water partition coefficient (Wildman–Crippen LogP) is 4.50. The van der Waals surface area contributed by atoms with Crippen molar-refractivity contribution in [2.45, 2.75) is 0 Å². The second-order valence-corrected chi connectivity index (χ2v) is 7.32. The molecule has 4 aromatic rings. The van der Waals surface area contributed by atoms with E-state index >= 15 is 0 Å². The minimum atomic E-state index is -0.687. The van der Waals surface area contributed by atoms with Crippen molar-refractivity contribution in [2.24, 2.45) is 5.10 Å². The first-order valence-electron chi connectivity index (χ1n) is 10.5. The molecule has 0 saturated heterocycles. The van der Waals surface area contributed by atoms with Crippen molar-refractivity contribution in [3.8, 4) is 11.5 Å². The highest BCUT2D eigenvalue weighted by Gasteiger charge is 2.13. The zero-order valence-corrected chi connectivity index (χ0v) is 18.3. The van der Waals surface area contributed by atoms with Gasteiger partial charge in [0.15, 0.2) is 6.61 Å². The molecule has 1 amide bonds. The summed E-state index contributed by atoms with van der Waals surface area (Å²) in [5, 5.41) is 16.7. The molecule has 4 aromatic carbocycles. The van der Waals surface area contributed by atoms with Gasteiger partial charge in [0.25, 0.3) is 11.6 Å². The second kappa shape index (κ2) is 10.7. The largest absolute Gasteiger partial charge is 0.484 e. The topological polar surface area (TPSA) is 120 Å². The number of nitrogens with one attached hydrogen (secondary N) is 1.